The van der Waals surface area contributed by atoms with Crippen LogP contribution in [0.5, 0.6) is 34.5 Å². The predicted molar refractivity (Wildman–Crippen MR) is 152 cm³/mol. The summed E-state index contributed by atoms with van der Waals surface area (Å²) in [5.74, 6) is 2.40. The third-order valence-corrected chi connectivity index (χ3v) is 6.38. The molecule has 0 fully saturated rings. The van der Waals surface area contributed by atoms with Gasteiger partial charge < -0.3 is 33.7 Å². The Morgan fingerprint density at radius 3 is 1.77 bits per heavy atom. The fraction of sp³-hybridized carbons (Fsp3) is 0.226. The molecule has 0 saturated carbocycles. The predicted octanol–water partition coefficient (Wildman–Crippen LogP) is 5.01. The molecule has 208 valence electrons. The lowest BCUT2D eigenvalue weighted by atomic mass is 9.94. The number of hydrogen-bond acceptors (Lipinski definition) is 9. The molecule has 9 nitrogen and oxygen atoms in total. The molecule has 0 aliphatic heterocycles. The van der Waals surface area contributed by atoms with Gasteiger partial charge in [0.1, 0.15) is 0 Å². The quantitative estimate of drug-likeness (QED) is 0.316. The minimum atomic E-state index is -0.219. The van der Waals surface area contributed by atoms with Gasteiger partial charge in [0.05, 0.1) is 60.6 Å². The number of nitrogens with zero attached hydrogens (tertiary/aromatic N) is 1. The molecule has 1 aliphatic rings. The molecule has 1 aliphatic carbocycles. The van der Waals surface area contributed by atoms with Gasteiger partial charge in [-0.25, -0.2) is 0 Å². The smallest absolute Gasteiger partial charge is 0.203 e. The van der Waals surface area contributed by atoms with Crippen LogP contribution in [0, 0.1) is 0 Å². The van der Waals surface area contributed by atoms with Crippen molar-refractivity contribution in [3.8, 4) is 34.5 Å². The van der Waals surface area contributed by atoms with Crippen molar-refractivity contribution in [2.75, 3.05) is 42.7 Å². The van der Waals surface area contributed by atoms with Crippen molar-refractivity contribution < 1.29 is 33.2 Å². The van der Waals surface area contributed by atoms with Crippen molar-refractivity contribution in [1.82, 2.24) is 10.3 Å². The first-order valence-electron chi connectivity index (χ1n) is 12.4. The minimum Gasteiger partial charge on any atom is -0.493 e. The van der Waals surface area contributed by atoms with Gasteiger partial charge in [0.2, 0.25) is 11.5 Å². The molecule has 0 bridgehead atoms. The second-order valence-corrected chi connectivity index (χ2v) is 8.56. The molecule has 0 radical (unpaired) electrons. The van der Waals surface area contributed by atoms with Gasteiger partial charge in [-0.2, -0.15) is 0 Å². The Morgan fingerprint density at radius 2 is 1.30 bits per heavy atom. The average Bonchev–Trinajstić information content (AvgIpc) is 3.49. The van der Waals surface area contributed by atoms with E-state index in [1.165, 1.54) is 21.3 Å². The number of ether oxygens (including phenoxy) is 6. The molecule has 3 aromatic rings. The number of nitrogens with one attached hydrogen (secondary N) is 1. The number of pyridine rings is 1. The molecule has 40 heavy (non-hydrogen) atoms. The largest absolute Gasteiger partial charge is 0.493 e. The van der Waals surface area contributed by atoms with Crippen LogP contribution in [-0.4, -0.2) is 53.4 Å². The summed E-state index contributed by atoms with van der Waals surface area (Å²) >= 11 is 0. The highest BCUT2D eigenvalue weighted by atomic mass is 16.5. The lowest BCUT2D eigenvalue weighted by Gasteiger charge is -2.20. The van der Waals surface area contributed by atoms with Crippen LogP contribution in [0.1, 0.15) is 21.6 Å². The molecule has 4 rings (SSSR count). The summed E-state index contributed by atoms with van der Waals surface area (Å²) < 4.78 is 33.1. The molecule has 1 N–H and O–H groups in total. The first-order chi connectivity index (χ1) is 19.5. The molecule has 2 aromatic carbocycles. The van der Waals surface area contributed by atoms with E-state index in [1.807, 2.05) is 42.5 Å². The van der Waals surface area contributed by atoms with Crippen LogP contribution < -0.4 is 33.7 Å². The number of carbonyl (C=O) groups excluding carboxylic acids is 1. The van der Waals surface area contributed by atoms with Gasteiger partial charge >= 0.3 is 0 Å². The second kappa shape index (κ2) is 12.8. The Hall–Kier alpha value is -4.92. The maximum atomic E-state index is 13.9. The van der Waals surface area contributed by atoms with E-state index in [4.69, 9.17) is 28.4 Å². The molecule has 1 heterocycles. The van der Waals surface area contributed by atoms with Crippen LogP contribution in [0.3, 0.4) is 0 Å². The summed E-state index contributed by atoms with van der Waals surface area (Å²) in [7, 11) is 9.21. The standard InChI is InChI=1S/C31H32N2O7/c1-35-24-14-19(15-25(36-2)30(24)39-5)28(33-18-21-10-7-8-13-32-21)22-11-9-12-23(22)29(34)20-16-26(37-3)31(40-6)27(17-20)38-4/h7-17,33H,18H2,1-6H3. The maximum Gasteiger partial charge on any atom is 0.203 e. The summed E-state index contributed by atoms with van der Waals surface area (Å²) in [6, 6.07) is 12.7. The highest BCUT2D eigenvalue weighted by molar-refractivity contribution is 6.15. The summed E-state index contributed by atoms with van der Waals surface area (Å²) in [5.41, 5.74) is 3.80. The van der Waals surface area contributed by atoms with Crippen LogP contribution in [0.25, 0.3) is 5.70 Å². The number of benzene rings is 2. The van der Waals surface area contributed by atoms with E-state index in [2.05, 4.69) is 10.3 Å². The monoisotopic (exact) mass is 544 g/mol. The molecule has 9 heteroatoms. The number of rotatable bonds is 12. The van der Waals surface area contributed by atoms with E-state index < -0.39 is 0 Å². The van der Waals surface area contributed by atoms with Crippen molar-refractivity contribution in [2.45, 2.75) is 6.54 Å². The second-order valence-electron chi connectivity index (χ2n) is 8.56. The third-order valence-electron chi connectivity index (χ3n) is 6.38. The lowest BCUT2D eigenvalue weighted by molar-refractivity contribution is 0.103. The zero-order chi connectivity index (χ0) is 28.6. The highest BCUT2D eigenvalue weighted by Crippen LogP contribution is 2.42. The van der Waals surface area contributed by atoms with Gasteiger partial charge in [-0.3, -0.25) is 9.78 Å². The van der Waals surface area contributed by atoms with Gasteiger partial charge in [-0.1, -0.05) is 24.3 Å². The van der Waals surface area contributed by atoms with Crippen molar-refractivity contribution in [3.05, 3.63) is 94.9 Å². The van der Waals surface area contributed by atoms with Gasteiger partial charge in [0, 0.05) is 28.5 Å². The molecule has 0 spiro atoms. The first-order valence-corrected chi connectivity index (χ1v) is 12.4. The number of ketones is 1. The van der Waals surface area contributed by atoms with E-state index in [1.54, 1.807) is 45.7 Å². The van der Waals surface area contributed by atoms with E-state index >= 15 is 0 Å². The number of hydrogen-bond donors (Lipinski definition) is 1. The van der Waals surface area contributed by atoms with Crippen molar-refractivity contribution in [2.24, 2.45) is 0 Å². The number of allylic oxidation sites excluding steroid dienone is 5. The zero-order valence-electron chi connectivity index (χ0n) is 23.4. The van der Waals surface area contributed by atoms with Crippen molar-refractivity contribution >= 4 is 11.5 Å². The number of Topliss-reactive ketones (excluding diaryl/α,β-unsaturated/α-hetero) is 1. The topological polar surface area (TPSA) is 97.4 Å². The Kier molecular flexibility index (Phi) is 8.96. The number of aromatic nitrogens is 1. The normalized spacial score (nSPS) is 13.3. The number of methoxy groups -OCH3 is 6. The Labute approximate surface area is 233 Å². The van der Waals surface area contributed by atoms with Gasteiger partial charge in [0.15, 0.2) is 28.8 Å². The summed E-state index contributed by atoms with van der Waals surface area (Å²) in [5, 5.41) is 3.49. The van der Waals surface area contributed by atoms with Gasteiger partial charge in [-0.15, -0.1) is 0 Å². The summed E-state index contributed by atoms with van der Waals surface area (Å²) in [6.07, 6.45) is 7.23. The molecule has 0 saturated heterocycles. The van der Waals surface area contributed by atoms with Crippen LogP contribution >= 0.6 is 0 Å². The Morgan fingerprint density at radius 1 is 0.750 bits per heavy atom. The van der Waals surface area contributed by atoms with Crippen LogP contribution in [0.4, 0.5) is 0 Å². The SMILES string of the molecule is COc1cc(C(=O)C2=CC=CC2=C(NCc2ccccn2)c2cc(OC)c(OC)c(OC)c2)cc(OC)c1OC. The molecule has 0 amide bonds. The van der Waals surface area contributed by atoms with Crippen molar-refractivity contribution in [3.63, 3.8) is 0 Å². The average molecular weight is 545 g/mol. The molecule has 0 unspecified atom stereocenters. The Balaban J connectivity index is 1.85. The van der Waals surface area contributed by atoms with Crippen molar-refractivity contribution in [1.29, 1.82) is 0 Å². The minimum absolute atomic E-state index is 0.219. The molecule has 0 atom stereocenters. The van der Waals surface area contributed by atoms with Gasteiger partial charge in [-0.05, 0) is 36.4 Å². The highest BCUT2D eigenvalue weighted by Gasteiger charge is 2.26. The molecular formula is C31H32N2O7. The van der Waals surface area contributed by atoms with Crippen LogP contribution in [0.15, 0.2) is 78.0 Å². The van der Waals surface area contributed by atoms with E-state index in [9.17, 15) is 4.79 Å². The van der Waals surface area contributed by atoms with Gasteiger partial charge in [0.25, 0.3) is 0 Å². The fourth-order valence-electron chi connectivity index (χ4n) is 4.46. The lowest BCUT2D eigenvalue weighted by Crippen LogP contribution is -2.17. The summed E-state index contributed by atoms with van der Waals surface area (Å²) in [6.45, 7) is 0.413. The van der Waals surface area contributed by atoms with E-state index in [0.29, 0.717) is 63.4 Å². The first kappa shape index (κ1) is 28.1. The maximum absolute atomic E-state index is 13.9. The Bertz CT molecular complexity index is 1430. The molecular weight excluding hydrogens is 512 g/mol. The van der Waals surface area contributed by atoms with E-state index in [-0.39, 0.29) is 5.78 Å². The van der Waals surface area contributed by atoms with Crippen LogP contribution in [-0.2, 0) is 6.54 Å². The van der Waals surface area contributed by atoms with E-state index in [0.717, 1.165) is 11.3 Å². The zero-order valence-corrected chi connectivity index (χ0v) is 23.4. The molecule has 1 aromatic heterocycles. The number of carbonyl (C=O) groups is 1. The summed E-state index contributed by atoms with van der Waals surface area (Å²) in [4.78, 5) is 18.4. The van der Waals surface area contributed by atoms with Crippen LogP contribution in [0.2, 0.25) is 0 Å². The third kappa shape index (κ3) is 5.58. The fourth-order valence-corrected chi connectivity index (χ4v) is 4.46.